The second-order valence-corrected chi connectivity index (χ2v) is 9.48. The molecule has 3 nitrogen and oxygen atoms in total. The van der Waals surface area contributed by atoms with Crippen molar-refractivity contribution in [3.05, 3.63) is 41.0 Å². The zero-order valence-electron chi connectivity index (χ0n) is 19.5. The fraction of sp³-hybridized carbons (Fsp3) is 0.640. The number of amides is 1. The minimum absolute atomic E-state index is 0.0998. The number of carbonyl (C=O) groups is 1. The molecule has 29 heavy (non-hydrogen) atoms. The number of likely N-dealkylation sites (tertiary alicyclic amines) is 1. The molecule has 158 valence electrons. The lowest BCUT2D eigenvalue weighted by Gasteiger charge is -2.57. The Bertz CT molecular complexity index is 759. The first-order valence-electron chi connectivity index (χ1n) is 11.1. The Labute approximate surface area is 179 Å². The van der Waals surface area contributed by atoms with Crippen molar-refractivity contribution in [2.45, 2.75) is 72.2 Å². The van der Waals surface area contributed by atoms with Crippen molar-refractivity contribution < 1.29 is 4.79 Å². The molecular weight excluding hydrogens is 355 g/mol. The van der Waals surface area contributed by atoms with Crippen LogP contribution in [0.15, 0.2) is 29.8 Å². The molecule has 0 aliphatic carbocycles. The number of piperidine rings is 1. The number of nitrogens with zero attached hydrogens (tertiary/aromatic N) is 1. The van der Waals surface area contributed by atoms with Crippen LogP contribution in [-0.4, -0.2) is 37.3 Å². The summed E-state index contributed by atoms with van der Waals surface area (Å²) in [5.41, 5.74) is 9.40. The van der Waals surface area contributed by atoms with Crippen molar-refractivity contribution in [3.63, 3.8) is 0 Å². The van der Waals surface area contributed by atoms with E-state index < -0.39 is 10.9 Å². The Morgan fingerprint density at radius 3 is 2.41 bits per heavy atom. The van der Waals surface area contributed by atoms with Crippen LogP contribution < -0.4 is 5.73 Å². The average Bonchev–Trinajstić information content (AvgIpc) is 2.69. The highest BCUT2D eigenvalue weighted by Crippen LogP contribution is 2.50. The van der Waals surface area contributed by atoms with Crippen LogP contribution in [0.4, 0.5) is 0 Å². The van der Waals surface area contributed by atoms with Crippen LogP contribution in [0.25, 0.3) is 6.08 Å². The summed E-state index contributed by atoms with van der Waals surface area (Å²) in [6, 6.07) is 8.22. The highest BCUT2D eigenvalue weighted by atomic mass is 16.2. The highest BCUT2D eigenvalue weighted by molar-refractivity contribution is 6.16. The zero-order chi connectivity index (χ0) is 22.0. The maximum absolute atomic E-state index is 13.8. The molecule has 1 heterocycles. The maximum atomic E-state index is 13.8. The minimum Gasteiger partial charge on any atom is -0.337 e. The molecule has 2 N–H and O–H groups in total. The molecule has 1 saturated heterocycles. The molecule has 0 saturated carbocycles. The van der Waals surface area contributed by atoms with E-state index in [1.807, 2.05) is 17.0 Å². The SMILES string of the molecule is [B]C1(CC)C(C)CN(C(=O)/C(=C/c2ccccc2C)C(C)C(C)C)CC1(N)CC. The first-order valence-corrected chi connectivity index (χ1v) is 11.1. The quantitative estimate of drug-likeness (QED) is 0.546. The van der Waals surface area contributed by atoms with E-state index in [2.05, 4.69) is 66.7 Å². The fourth-order valence-corrected chi connectivity index (χ4v) is 4.68. The Morgan fingerprint density at radius 1 is 1.28 bits per heavy atom. The number of aryl methyl sites for hydroxylation is 1. The van der Waals surface area contributed by atoms with Crippen LogP contribution in [0.3, 0.4) is 0 Å². The van der Waals surface area contributed by atoms with Gasteiger partial charge in [0.1, 0.15) is 0 Å². The average molecular weight is 394 g/mol. The minimum atomic E-state index is -0.579. The second kappa shape index (κ2) is 9.08. The van der Waals surface area contributed by atoms with E-state index in [9.17, 15) is 4.79 Å². The molecule has 4 heteroatoms. The molecule has 1 amide bonds. The van der Waals surface area contributed by atoms with Gasteiger partial charge in [-0.1, -0.05) is 72.2 Å². The van der Waals surface area contributed by atoms with Gasteiger partial charge in [0.25, 0.3) is 0 Å². The van der Waals surface area contributed by atoms with Crippen LogP contribution in [0.2, 0.25) is 5.31 Å². The zero-order valence-corrected chi connectivity index (χ0v) is 19.5. The van der Waals surface area contributed by atoms with Gasteiger partial charge < -0.3 is 10.6 Å². The summed E-state index contributed by atoms with van der Waals surface area (Å²) in [6.45, 7) is 16.1. The van der Waals surface area contributed by atoms with E-state index in [0.29, 0.717) is 19.0 Å². The van der Waals surface area contributed by atoms with Crippen LogP contribution in [-0.2, 0) is 4.79 Å². The second-order valence-electron chi connectivity index (χ2n) is 9.48. The lowest BCUT2D eigenvalue weighted by molar-refractivity contribution is -0.132. The first-order chi connectivity index (χ1) is 13.5. The van der Waals surface area contributed by atoms with E-state index in [0.717, 1.165) is 24.0 Å². The summed E-state index contributed by atoms with van der Waals surface area (Å²) in [7, 11) is 6.80. The molecule has 1 aromatic carbocycles. The normalized spacial score (nSPS) is 29.2. The monoisotopic (exact) mass is 394 g/mol. The van der Waals surface area contributed by atoms with E-state index in [1.165, 1.54) is 5.56 Å². The maximum Gasteiger partial charge on any atom is 0.250 e. The largest absolute Gasteiger partial charge is 0.337 e. The first kappa shape index (κ1) is 23.7. The summed E-state index contributed by atoms with van der Waals surface area (Å²) < 4.78 is 0. The van der Waals surface area contributed by atoms with E-state index in [-0.39, 0.29) is 17.7 Å². The van der Waals surface area contributed by atoms with E-state index in [4.69, 9.17) is 13.6 Å². The standard InChI is InChI=1S/C25H39BN2O/c1-8-24(27)16-28(15-19(6)25(24,26)9-2)23(29)22(20(7)17(3)4)14-21-13-11-10-12-18(21)5/h10-14,17,19-20H,8-9,15-16,27H2,1-7H3/b22-14+. The number of benzene rings is 1. The van der Waals surface area contributed by atoms with Gasteiger partial charge in [-0.05, 0) is 53.6 Å². The van der Waals surface area contributed by atoms with Crippen LogP contribution >= 0.6 is 0 Å². The molecule has 1 aromatic rings. The molecule has 1 fully saturated rings. The topological polar surface area (TPSA) is 46.3 Å². The Kier molecular flexibility index (Phi) is 7.43. The molecule has 0 aromatic heterocycles. The molecule has 4 atom stereocenters. The summed E-state index contributed by atoms with van der Waals surface area (Å²) in [4.78, 5) is 15.7. The van der Waals surface area contributed by atoms with Crippen LogP contribution in [0.1, 0.15) is 65.5 Å². The Hall–Kier alpha value is -1.55. The van der Waals surface area contributed by atoms with Crippen molar-refractivity contribution >= 4 is 19.8 Å². The summed E-state index contributed by atoms with van der Waals surface area (Å²) in [5.74, 6) is 0.767. The predicted molar refractivity (Wildman–Crippen MR) is 125 cm³/mol. The molecular formula is C25H39BN2O. The lowest BCUT2D eigenvalue weighted by Crippen LogP contribution is -2.66. The van der Waals surface area contributed by atoms with Crippen molar-refractivity contribution in [1.82, 2.24) is 4.90 Å². The molecule has 1 aliphatic heterocycles. The lowest BCUT2D eigenvalue weighted by atomic mass is 9.47. The van der Waals surface area contributed by atoms with Gasteiger partial charge in [-0.2, -0.15) is 0 Å². The summed E-state index contributed by atoms with van der Waals surface area (Å²) in [5, 5.41) is -0.456. The van der Waals surface area contributed by atoms with E-state index in [1.54, 1.807) is 0 Å². The third kappa shape index (κ3) is 4.48. The van der Waals surface area contributed by atoms with Crippen molar-refractivity contribution in [1.29, 1.82) is 0 Å². The van der Waals surface area contributed by atoms with Gasteiger partial charge in [0, 0.05) is 24.2 Å². The third-order valence-electron chi connectivity index (χ3n) is 7.51. The van der Waals surface area contributed by atoms with Gasteiger partial charge in [-0.25, -0.2) is 0 Å². The van der Waals surface area contributed by atoms with Gasteiger partial charge in [0.05, 0.1) is 7.85 Å². The number of carbonyl (C=O) groups excluding carboxylic acids is 1. The summed E-state index contributed by atoms with van der Waals surface area (Å²) >= 11 is 0. The number of rotatable bonds is 6. The number of hydrogen-bond acceptors (Lipinski definition) is 2. The Morgan fingerprint density at radius 2 is 1.90 bits per heavy atom. The molecule has 1 aliphatic rings. The fourth-order valence-electron chi connectivity index (χ4n) is 4.68. The van der Waals surface area contributed by atoms with Crippen molar-refractivity contribution in [2.24, 2.45) is 23.5 Å². The number of nitrogens with two attached hydrogens (primary N) is 1. The third-order valence-corrected chi connectivity index (χ3v) is 7.51. The molecule has 2 rings (SSSR count). The van der Waals surface area contributed by atoms with Gasteiger partial charge >= 0.3 is 0 Å². The van der Waals surface area contributed by atoms with Gasteiger partial charge in [0.15, 0.2) is 0 Å². The summed E-state index contributed by atoms with van der Waals surface area (Å²) in [6.07, 6.45) is 3.65. The highest BCUT2D eigenvalue weighted by Gasteiger charge is 2.51. The van der Waals surface area contributed by atoms with Crippen molar-refractivity contribution in [2.75, 3.05) is 13.1 Å². The smallest absolute Gasteiger partial charge is 0.250 e. The Balaban J connectivity index is 2.45. The van der Waals surface area contributed by atoms with Gasteiger partial charge in [-0.15, -0.1) is 0 Å². The van der Waals surface area contributed by atoms with E-state index >= 15 is 0 Å². The predicted octanol–water partition coefficient (Wildman–Crippen LogP) is 4.99. The van der Waals surface area contributed by atoms with Gasteiger partial charge in [-0.3, -0.25) is 4.79 Å². The van der Waals surface area contributed by atoms with Crippen molar-refractivity contribution in [3.8, 4) is 0 Å². The van der Waals surface area contributed by atoms with Crippen LogP contribution in [0.5, 0.6) is 0 Å². The number of hydrogen-bond donors (Lipinski definition) is 1. The van der Waals surface area contributed by atoms with Gasteiger partial charge in [0.2, 0.25) is 5.91 Å². The molecule has 4 unspecified atom stereocenters. The molecule has 0 spiro atoms. The van der Waals surface area contributed by atoms with Crippen LogP contribution in [0, 0.1) is 24.7 Å². The molecule has 2 radical (unpaired) electrons. The molecule has 0 bridgehead atoms.